The molecule has 0 bridgehead atoms. The van der Waals surface area contributed by atoms with Crippen LogP contribution in [0.1, 0.15) is 16.8 Å². The number of carboxylic acid groups (broad SMARTS) is 1. The highest BCUT2D eigenvalue weighted by atomic mass is 35.5. The van der Waals surface area contributed by atoms with Crippen LogP contribution >= 0.6 is 11.6 Å². The number of halogens is 1. The summed E-state index contributed by atoms with van der Waals surface area (Å²) in [4.78, 5) is 24.6. The zero-order chi connectivity index (χ0) is 14.7. The molecule has 2 rings (SSSR count). The monoisotopic (exact) mass is 298 g/mol. The summed E-state index contributed by atoms with van der Waals surface area (Å²) in [7, 11) is 0. The first-order valence-corrected chi connectivity index (χ1v) is 6.52. The molecule has 108 valence electrons. The molecular weight excluding hydrogens is 284 g/mol. The van der Waals surface area contributed by atoms with Crippen molar-refractivity contribution in [2.45, 2.75) is 12.5 Å². The van der Waals surface area contributed by atoms with Gasteiger partial charge in [0.15, 0.2) is 0 Å². The maximum atomic E-state index is 12.3. The first kappa shape index (κ1) is 14.6. The maximum Gasteiger partial charge on any atom is 0.306 e. The van der Waals surface area contributed by atoms with Crippen LogP contribution in [0.3, 0.4) is 0 Å². The zero-order valence-corrected chi connectivity index (χ0v) is 11.5. The molecule has 6 nitrogen and oxygen atoms in total. The fourth-order valence-electron chi connectivity index (χ4n) is 2.14. The van der Waals surface area contributed by atoms with Gasteiger partial charge in [-0.05, 0) is 18.2 Å². The molecular formula is C13H15ClN2O4. The summed E-state index contributed by atoms with van der Waals surface area (Å²) in [5, 5.41) is 9.16. The van der Waals surface area contributed by atoms with E-state index in [1.165, 1.54) is 0 Å². The molecule has 1 aliphatic heterocycles. The summed E-state index contributed by atoms with van der Waals surface area (Å²) in [6, 6.07) is 4.66. The highest BCUT2D eigenvalue weighted by Crippen LogP contribution is 2.19. The molecule has 1 amide bonds. The summed E-state index contributed by atoms with van der Waals surface area (Å²) in [6.45, 7) is 0.985. The first-order chi connectivity index (χ1) is 9.45. The number of rotatable bonds is 3. The SMILES string of the molecule is Nc1cc(Cl)cc(C(=O)N2CCOC(CC(=O)O)C2)c1. The third kappa shape index (κ3) is 3.61. The van der Waals surface area contributed by atoms with Crippen LogP contribution in [-0.4, -0.2) is 47.7 Å². The topological polar surface area (TPSA) is 92.9 Å². The third-order valence-electron chi connectivity index (χ3n) is 3.00. The van der Waals surface area contributed by atoms with Crippen LogP contribution in [0.4, 0.5) is 5.69 Å². The molecule has 1 aliphatic rings. The number of aliphatic carboxylic acids is 1. The predicted octanol–water partition coefficient (Wildman–Crippen LogP) is 1.24. The number of carbonyl (C=O) groups is 2. The fraction of sp³-hybridized carbons (Fsp3) is 0.385. The number of morpholine rings is 1. The van der Waals surface area contributed by atoms with E-state index >= 15 is 0 Å². The molecule has 1 saturated heterocycles. The van der Waals surface area contributed by atoms with E-state index < -0.39 is 12.1 Å². The summed E-state index contributed by atoms with van der Waals surface area (Å²) >= 11 is 5.88. The lowest BCUT2D eigenvalue weighted by Gasteiger charge is -2.32. The third-order valence-corrected chi connectivity index (χ3v) is 3.21. The van der Waals surface area contributed by atoms with Crippen LogP contribution < -0.4 is 5.73 Å². The van der Waals surface area contributed by atoms with Gasteiger partial charge in [0.05, 0.1) is 19.1 Å². The Balaban J connectivity index is 2.10. The number of nitrogen functional groups attached to an aromatic ring is 1. The number of carboxylic acids is 1. The van der Waals surface area contributed by atoms with Gasteiger partial charge in [0.25, 0.3) is 5.91 Å². The Kier molecular flexibility index (Phi) is 4.46. The van der Waals surface area contributed by atoms with Crippen molar-refractivity contribution in [3.8, 4) is 0 Å². The van der Waals surface area contributed by atoms with Gasteiger partial charge in [-0.25, -0.2) is 0 Å². The Hall–Kier alpha value is -1.79. The van der Waals surface area contributed by atoms with Crippen molar-refractivity contribution in [2.75, 3.05) is 25.4 Å². The molecule has 1 unspecified atom stereocenters. The molecule has 20 heavy (non-hydrogen) atoms. The second kappa shape index (κ2) is 6.11. The molecule has 1 aromatic rings. The standard InChI is InChI=1S/C13H15ClN2O4/c14-9-3-8(4-10(15)5-9)13(19)16-1-2-20-11(7-16)6-12(17)18/h3-5,11H,1-2,6-7,15H2,(H,17,18). The van der Waals surface area contributed by atoms with Crippen molar-refractivity contribution in [2.24, 2.45) is 0 Å². The van der Waals surface area contributed by atoms with E-state index in [-0.39, 0.29) is 18.9 Å². The van der Waals surface area contributed by atoms with Crippen LogP contribution in [0.2, 0.25) is 5.02 Å². The Morgan fingerprint density at radius 3 is 2.85 bits per heavy atom. The van der Waals surface area contributed by atoms with E-state index in [1.54, 1.807) is 23.1 Å². The van der Waals surface area contributed by atoms with Crippen LogP contribution in [0.5, 0.6) is 0 Å². The van der Waals surface area contributed by atoms with Gasteiger partial charge in [-0.2, -0.15) is 0 Å². The lowest BCUT2D eigenvalue weighted by molar-refractivity contribution is -0.141. The smallest absolute Gasteiger partial charge is 0.306 e. The van der Waals surface area contributed by atoms with Crippen LogP contribution in [0, 0.1) is 0 Å². The van der Waals surface area contributed by atoms with Gasteiger partial charge in [0.2, 0.25) is 0 Å². The molecule has 0 radical (unpaired) electrons. The van der Waals surface area contributed by atoms with Gasteiger partial charge in [-0.3, -0.25) is 9.59 Å². The minimum absolute atomic E-state index is 0.124. The van der Waals surface area contributed by atoms with Gasteiger partial charge in [0, 0.05) is 29.4 Å². The van der Waals surface area contributed by atoms with Crippen molar-refractivity contribution in [1.82, 2.24) is 4.90 Å². The number of hydrogen-bond donors (Lipinski definition) is 2. The van der Waals surface area contributed by atoms with Gasteiger partial charge >= 0.3 is 5.97 Å². The minimum Gasteiger partial charge on any atom is -0.481 e. The van der Waals surface area contributed by atoms with Crippen LogP contribution in [-0.2, 0) is 9.53 Å². The lowest BCUT2D eigenvalue weighted by atomic mass is 10.1. The molecule has 1 aromatic carbocycles. The Morgan fingerprint density at radius 2 is 2.20 bits per heavy atom. The molecule has 1 atom stereocenters. The highest BCUT2D eigenvalue weighted by molar-refractivity contribution is 6.31. The number of nitrogens with two attached hydrogens (primary N) is 1. The average molecular weight is 299 g/mol. The largest absolute Gasteiger partial charge is 0.481 e. The Labute approximate surface area is 121 Å². The Morgan fingerprint density at radius 1 is 1.45 bits per heavy atom. The Bertz CT molecular complexity index is 515. The second-order valence-corrected chi connectivity index (χ2v) is 5.05. The molecule has 0 aromatic heterocycles. The molecule has 0 spiro atoms. The van der Waals surface area contributed by atoms with Crippen molar-refractivity contribution < 1.29 is 19.4 Å². The van der Waals surface area contributed by atoms with Crippen LogP contribution in [0.15, 0.2) is 18.2 Å². The van der Waals surface area contributed by atoms with E-state index in [9.17, 15) is 9.59 Å². The van der Waals surface area contributed by atoms with Crippen LogP contribution in [0.25, 0.3) is 0 Å². The summed E-state index contributed by atoms with van der Waals surface area (Å²) in [5.74, 6) is -1.17. The summed E-state index contributed by atoms with van der Waals surface area (Å²) in [5.41, 5.74) is 6.47. The lowest BCUT2D eigenvalue weighted by Crippen LogP contribution is -2.46. The van der Waals surface area contributed by atoms with Crippen molar-refractivity contribution >= 4 is 29.2 Å². The van der Waals surface area contributed by atoms with E-state index in [0.717, 1.165) is 0 Å². The average Bonchev–Trinajstić information content (AvgIpc) is 2.36. The number of hydrogen-bond acceptors (Lipinski definition) is 4. The van der Waals surface area contributed by atoms with Crippen molar-refractivity contribution in [3.05, 3.63) is 28.8 Å². The molecule has 0 saturated carbocycles. The minimum atomic E-state index is -0.948. The van der Waals surface area contributed by atoms with E-state index in [0.29, 0.717) is 29.4 Å². The van der Waals surface area contributed by atoms with E-state index in [4.69, 9.17) is 27.2 Å². The van der Waals surface area contributed by atoms with Gasteiger partial charge in [0.1, 0.15) is 0 Å². The second-order valence-electron chi connectivity index (χ2n) is 4.62. The fourth-order valence-corrected chi connectivity index (χ4v) is 2.38. The first-order valence-electron chi connectivity index (χ1n) is 6.14. The molecule has 1 fully saturated rings. The number of anilines is 1. The number of amides is 1. The molecule has 3 N–H and O–H groups in total. The highest BCUT2D eigenvalue weighted by Gasteiger charge is 2.26. The van der Waals surface area contributed by atoms with E-state index in [1.807, 2.05) is 0 Å². The quantitative estimate of drug-likeness (QED) is 0.819. The number of nitrogens with zero attached hydrogens (tertiary/aromatic N) is 1. The number of carbonyl (C=O) groups excluding carboxylic acids is 1. The van der Waals surface area contributed by atoms with Crippen molar-refractivity contribution in [1.29, 1.82) is 0 Å². The number of benzene rings is 1. The molecule has 1 heterocycles. The van der Waals surface area contributed by atoms with Gasteiger partial charge < -0.3 is 20.5 Å². The van der Waals surface area contributed by atoms with Crippen molar-refractivity contribution in [3.63, 3.8) is 0 Å². The summed E-state index contributed by atoms with van der Waals surface area (Å²) in [6.07, 6.45) is -0.608. The van der Waals surface area contributed by atoms with Gasteiger partial charge in [-0.15, -0.1) is 0 Å². The zero-order valence-electron chi connectivity index (χ0n) is 10.7. The summed E-state index contributed by atoms with van der Waals surface area (Å²) < 4.78 is 5.33. The normalized spacial score (nSPS) is 18.9. The maximum absolute atomic E-state index is 12.3. The van der Waals surface area contributed by atoms with Gasteiger partial charge in [-0.1, -0.05) is 11.6 Å². The molecule has 7 heteroatoms. The molecule has 0 aliphatic carbocycles. The number of ether oxygens (including phenoxy) is 1. The predicted molar refractivity (Wildman–Crippen MR) is 73.8 cm³/mol. The van der Waals surface area contributed by atoms with E-state index in [2.05, 4.69) is 0 Å².